The van der Waals surface area contributed by atoms with Gasteiger partial charge in [0.25, 0.3) is 0 Å². The van der Waals surface area contributed by atoms with E-state index in [4.69, 9.17) is 0 Å². The summed E-state index contributed by atoms with van der Waals surface area (Å²) >= 11 is 0. The quantitative estimate of drug-likeness (QED) is 0.134. The molecule has 2 aliphatic carbocycles. The van der Waals surface area contributed by atoms with E-state index in [9.17, 15) is 9.90 Å². The van der Waals surface area contributed by atoms with Gasteiger partial charge in [0, 0.05) is 5.41 Å². The van der Waals surface area contributed by atoms with Crippen LogP contribution in [0, 0.1) is 29.1 Å². The van der Waals surface area contributed by atoms with E-state index in [1.807, 2.05) is 0 Å². The second-order valence-electron chi connectivity index (χ2n) is 12.9. The Hall–Kier alpha value is -1.05. The third-order valence-corrected chi connectivity index (χ3v) is 9.93. The van der Waals surface area contributed by atoms with Gasteiger partial charge in [0.05, 0.1) is 5.92 Å². The summed E-state index contributed by atoms with van der Waals surface area (Å²) in [7, 11) is 0. The molecule has 2 rings (SSSR count). The first kappa shape index (κ1) is 33.2. The van der Waals surface area contributed by atoms with Gasteiger partial charge in [-0.1, -0.05) is 154 Å². The lowest BCUT2D eigenvalue weighted by atomic mass is 9.52. The molecule has 1 fully saturated rings. The van der Waals surface area contributed by atoms with E-state index in [2.05, 4.69) is 45.1 Å². The minimum atomic E-state index is -0.544. The lowest BCUT2D eigenvalue weighted by Crippen LogP contribution is -2.47. The molecule has 0 bridgehead atoms. The van der Waals surface area contributed by atoms with Crippen LogP contribution in [0.4, 0.5) is 0 Å². The van der Waals surface area contributed by atoms with Crippen LogP contribution in [0.25, 0.3) is 0 Å². The highest BCUT2D eigenvalue weighted by molar-refractivity contribution is 5.72. The van der Waals surface area contributed by atoms with E-state index in [1.165, 1.54) is 122 Å². The number of rotatable bonds is 19. The van der Waals surface area contributed by atoms with Crippen molar-refractivity contribution in [3.05, 3.63) is 24.3 Å². The molecular weight excluding hydrogens is 464 g/mol. The lowest BCUT2D eigenvalue weighted by Gasteiger charge is -2.51. The second-order valence-corrected chi connectivity index (χ2v) is 12.9. The lowest BCUT2D eigenvalue weighted by molar-refractivity contribution is -0.148. The summed E-state index contributed by atoms with van der Waals surface area (Å²) in [5, 5.41) is 10.5. The zero-order valence-electron chi connectivity index (χ0n) is 25.7. The Morgan fingerprint density at radius 2 is 1.39 bits per heavy atom. The van der Waals surface area contributed by atoms with Gasteiger partial charge in [-0.3, -0.25) is 4.79 Å². The van der Waals surface area contributed by atoms with Crippen LogP contribution in [0.1, 0.15) is 168 Å². The number of carboxylic acids is 1. The van der Waals surface area contributed by atoms with E-state index in [-0.39, 0.29) is 11.3 Å². The first-order chi connectivity index (χ1) is 18.6. The maximum absolute atomic E-state index is 12.8. The SMILES string of the molecule is CCCCCCCC/C=C\C1C(CCCCCC)C(CCCCCC)C=CC12CCCCCCC2C(=O)O. The van der Waals surface area contributed by atoms with Crippen molar-refractivity contribution in [2.75, 3.05) is 0 Å². The molecule has 1 N–H and O–H groups in total. The summed E-state index contributed by atoms with van der Waals surface area (Å²) in [6.45, 7) is 6.88. The second kappa shape index (κ2) is 19.9. The summed E-state index contributed by atoms with van der Waals surface area (Å²) < 4.78 is 0. The fourth-order valence-electron chi connectivity index (χ4n) is 7.67. The molecular formula is C36H64O2. The summed E-state index contributed by atoms with van der Waals surface area (Å²) in [5.74, 6) is 0.812. The molecule has 0 aromatic heterocycles. The molecule has 0 heterocycles. The van der Waals surface area contributed by atoms with Gasteiger partial charge in [-0.25, -0.2) is 0 Å². The average Bonchev–Trinajstić information content (AvgIpc) is 2.89. The van der Waals surface area contributed by atoms with Crippen LogP contribution in [0.5, 0.6) is 0 Å². The van der Waals surface area contributed by atoms with E-state index < -0.39 is 5.97 Å². The predicted molar refractivity (Wildman–Crippen MR) is 166 cm³/mol. The number of hydrogen-bond acceptors (Lipinski definition) is 1. The maximum Gasteiger partial charge on any atom is 0.307 e. The molecule has 0 aliphatic heterocycles. The molecule has 2 nitrogen and oxygen atoms in total. The van der Waals surface area contributed by atoms with Crippen LogP contribution in [0.3, 0.4) is 0 Å². The minimum Gasteiger partial charge on any atom is -0.481 e. The van der Waals surface area contributed by atoms with Gasteiger partial charge in [-0.15, -0.1) is 0 Å². The monoisotopic (exact) mass is 528 g/mol. The van der Waals surface area contributed by atoms with Crippen molar-refractivity contribution in [3.63, 3.8) is 0 Å². The fourth-order valence-corrected chi connectivity index (χ4v) is 7.67. The molecule has 220 valence electrons. The van der Waals surface area contributed by atoms with Gasteiger partial charge in [0.2, 0.25) is 0 Å². The standard InChI is InChI=1S/C36H64O2/c1-4-7-10-13-14-15-16-21-26-33-32(25-20-12-9-6-3)31(24-19-11-8-5-2)28-30-36(33)29-23-18-17-22-27-34(36)35(37)38/h21,26,28,30-34H,4-20,22-25,27,29H2,1-3H3,(H,37,38)/b26-21-. The Labute approximate surface area is 237 Å². The summed E-state index contributed by atoms with van der Waals surface area (Å²) in [5.41, 5.74) is -0.195. The number of allylic oxidation sites excluding steroid dienone is 4. The predicted octanol–water partition coefficient (Wildman–Crippen LogP) is 11.7. The third-order valence-electron chi connectivity index (χ3n) is 9.93. The van der Waals surface area contributed by atoms with Crippen molar-refractivity contribution >= 4 is 5.97 Å². The van der Waals surface area contributed by atoms with E-state index in [0.29, 0.717) is 17.8 Å². The summed E-state index contributed by atoms with van der Waals surface area (Å²) in [4.78, 5) is 12.8. The zero-order valence-corrected chi connectivity index (χ0v) is 25.7. The largest absolute Gasteiger partial charge is 0.481 e. The van der Waals surface area contributed by atoms with Crippen molar-refractivity contribution in [1.82, 2.24) is 0 Å². The third kappa shape index (κ3) is 10.8. The molecule has 1 spiro atoms. The molecule has 5 unspecified atom stereocenters. The normalized spacial score (nSPS) is 28.1. The van der Waals surface area contributed by atoms with Gasteiger partial charge < -0.3 is 5.11 Å². The molecule has 1 saturated carbocycles. The van der Waals surface area contributed by atoms with Crippen molar-refractivity contribution in [3.8, 4) is 0 Å². The molecule has 2 aliphatic rings. The first-order valence-corrected chi connectivity index (χ1v) is 17.2. The van der Waals surface area contributed by atoms with E-state index in [0.717, 1.165) is 25.7 Å². The smallest absolute Gasteiger partial charge is 0.307 e. The zero-order chi connectivity index (χ0) is 27.5. The van der Waals surface area contributed by atoms with Crippen LogP contribution >= 0.6 is 0 Å². The molecule has 0 saturated heterocycles. The molecule has 5 atom stereocenters. The number of hydrogen-bond donors (Lipinski definition) is 1. The summed E-state index contributed by atoms with van der Waals surface area (Å²) in [6.07, 6.45) is 38.9. The number of aliphatic carboxylic acids is 1. The highest BCUT2D eigenvalue weighted by Crippen LogP contribution is 2.55. The molecule has 0 aromatic carbocycles. The summed E-state index contributed by atoms with van der Waals surface area (Å²) in [6, 6.07) is 0. The van der Waals surface area contributed by atoms with Crippen molar-refractivity contribution < 1.29 is 9.90 Å². The molecule has 0 amide bonds. The Morgan fingerprint density at radius 3 is 2.08 bits per heavy atom. The van der Waals surface area contributed by atoms with Gasteiger partial charge in [-0.2, -0.15) is 0 Å². The number of carbonyl (C=O) groups is 1. The highest BCUT2D eigenvalue weighted by Gasteiger charge is 2.51. The Morgan fingerprint density at radius 1 is 0.789 bits per heavy atom. The molecule has 2 heteroatoms. The van der Waals surface area contributed by atoms with Crippen molar-refractivity contribution in [2.24, 2.45) is 29.1 Å². The Balaban J connectivity index is 2.31. The first-order valence-electron chi connectivity index (χ1n) is 17.2. The topological polar surface area (TPSA) is 37.3 Å². The maximum atomic E-state index is 12.8. The molecule has 0 aromatic rings. The highest BCUT2D eigenvalue weighted by atomic mass is 16.4. The van der Waals surface area contributed by atoms with Crippen molar-refractivity contribution in [1.29, 1.82) is 0 Å². The van der Waals surface area contributed by atoms with Crippen LogP contribution in [0.15, 0.2) is 24.3 Å². The number of unbranched alkanes of at least 4 members (excludes halogenated alkanes) is 12. The minimum absolute atomic E-state index is 0.195. The molecule has 0 radical (unpaired) electrons. The van der Waals surface area contributed by atoms with Crippen LogP contribution in [-0.2, 0) is 4.79 Å². The van der Waals surface area contributed by atoms with Crippen LogP contribution in [0.2, 0.25) is 0 Å². The molecule has 38 heavy (non-hydrogen) atoms. The van der Waals surface area contributed by atoms with E-state index in [1.54, 1.807) is 0 Å². The van der Waals surface area contributed by atoms with Crippen LogP contribution in [-0.4, -0.2) is 11.1 Å². The van der Waals surface area contributed by atoms with Gasteiger partial charge >= 0.3 is 5.97 Å². The van der Waals surface area contributed by atoms with E-state index >= 15 is 0 Å². The fraction of sp³-hybridized carbons (Fsp3) is 0.861. The average molecular weight is 529 g/mol. The Bertz CT molecular complexity index is 664. The van der Waals surface area contributed by atoms with Crippen LogP contribution < -0.4 is 0 Å². The van der Waals surface area contributed by atoms with Crippen molar-refractivity contribution in [2.45, 2.75) is 168 Å². The van der Waals surface area contributed by atoms with Gasteiger partial charge in [0.15, 0.2) is 0 Å². The number of carboxylic acid groups (broad SMARTS) is 1. The van der Waals surface area contributed by atoms with Gasteiger partial charge in [-0.05, 0) is 56.3 Å². The Kier molecular flexibility index (Phi) is 17.4. The van der Waals surface area contributed by atoms with Gasteiger partial charge in [0.1, 0.15) is 0 Å².